The molecule has 1 amide bonds. The summed E-state index contributed by atoms with van der Waals surface area (Å²) >= 11 is 0. The van der Waals surface area contributed by atoms with Crippen LogP contribution < -0.4 is 5.32 Å². The Morgan fingerprint density at radius 2 is 1.79 bits per heavy atom. The van der Waals surface area contributed by atoms with Gasteiger partial charge in [0.25, 0.3) is 0 Å². The van der Waals surface area contributed by atoms with Crippen LogP contribution in [0.15, 0.2) is 36.7 Å². The number of hydrogen-bond donors (Lipinski definition) is 1. The number of anilines is 2. The Balaban J connectivity index is 1.35. The molecule has 3 heterocycles. The molecule has 2 aromatic rings. The average molecular weight is 379 g/mol. The Kier molecular flexibility index (Phi) is 5.89. The van der Waals surface area contributed by atoms with E-state index in [9.17, 15) is 4.79 Å². The molecule has 0 aromatic carbocycles. The van der Waals surface area contributed by atoms with Crippen molar-refractivity contribution in [1.29, 1.82) is 0 Å². The first-order chi connectivity index (χ1) is 13.7. The maximum atomic E-state index is 12.8. The lowest BCUT2D eigenvalue weighted by Crippen LogP contribution is -2.41. The van der Waals surface area contributed by atoms with Crippen molar-refractivity contribution in [1.82, 2.24) is 14.9 Å². The van der Waals surface area contributed by atoms with Gasteiger partial charge in [-0.2, -0.15) is 0 Å². The van der Waals surface area contributed by atoms with Crippen LogP contribution in [0.4, 0.5) is 11.6 Å². The second kappa shape index (κ2) is 8.72. The molecule has 4 rings (SSSR count). The molecule has 0 bridgehead atoms. The van der Waals surface area contributed by atoms with Gasteiger partial charge in [-0.05, 0) is 67.9 Å². The minimum absolute atomic E-state index is 0.282. The summed E-state index contributed by atoms with van der Waals surface area (Å²) in [5.41, 5.74) is 2.44. The van der Waals surface area contributed by atoms with E-state index in [0.717, 1.165) is 56.0 Å². The molecule has 5 nitrogen and oxygen atoms in total. The number of aromatic nitrogens is 2. The van der Waals surface area contributed by atoms with Crippen molar-refractivity contribution in [3.8, 4) is 0 Å². The third-order valence-corrected chi connectivity index (χ3v) is 6.18. The van der Waals surface area contributed by atoms with Crippen molar-refractivity contribution in [2.24, 2.45) is 5.92 Å². The highest BCUT2D eigenvalue weighted by molar-refractivity contribution is 5.79. The van der Waals surface area contributed by atoms with E-state index in [1.807, 2.05) is 31.5 Å². The van der Waals surface area contributed by atoms with Crippen LogP contribution >= 0.6 is 0 Å². The Morgan fingerprint density at radius 3 is 2.50 bits per heavy atom. The maximum absolute atomic E-state index is 12.8. The summed E-state index contributed by atoms with van der Waals surface area (Å²) in [5.74, 6) is 2.81. The van der Waals surface area contributed by atoms with Gasteiger partial charge in [-0.15, -0.1) is 0 Å². The van der Waals surface area contributed by atoms with Crippen LogP contribution in [0.25, 0.3) is 0 Å². The van der Waals surface area contributed by atoms with Gasteiger partial charge in [0.15, 0.2) is 0 Å². The van der Waals surface area contributed by atoms with Gasteiger partial charge in [0.2, 0.25) is 5.91 Å². The molecule has 2 fully saturated rings. The molecule has 1 aliphatic carbocycles. The zero-order chi connectivity index (χ0) is 19.3. The van der Waals surface area contributed by atoms with Crippen LogP contribution in [0.1, 0.15) is 62.0 Å². The minimum atomic E-state index is 0.282. The fourth-order valence-corrected chi connectivity index (χ4v) is 4.48. The van der Waals surface area contributed by atoms with Crippen molar-refractivity contribution >= 4 is 17.5 Å². The smallest absolute Gasteiger partial charge is 0.225 e. The highest BCUT2D eigenvalue weighted by Gasteiger charge is 2.29. The second-order valence-corrected chi connectivity index (χ2v) is 8.25. The third kappa shape index (κ3) is 4.51. The van der Waals surface area contributed by atoms with Gasteiger partial charge in [-0.3, -0.25) is 4.79 Å². The molecule has 2 aliphatic rings. The van der Waals surface area contributed by atoms with Crippen LogP contribution in [-0.2, 0) is 4.79 Å². The molecule has 148 valence electrons. The fourth-order valence-electron chi connectivity index (χ4n) is 4.48. The molecular weight excluding hydrogens is 348 g/mol. The molecule has 0 radical (unpaired) electrons. The number of amides is 1. The number of piperidine rings is 1. The zero-order valence-corrected chi connectivity index (χ0v) is 16.7. The summed E-state index contributed by atoms with van der Waals surface area (Å²) in [5, 5.41) is 3.29. The van der Waals surface area contributed by atoms with Gasteiger partial charge >= 0.3 is 0 Å². The first-order valence-electron chi connectivity index (χ1n) is 10.6. The van der Waals surface area contributed by atoms with Gasteiger partial charge < -0.3 is 10.2 Å². The first-order valence-corrected chi connectivity index (χ1v) is 10.6. The largest absolute Gasteiger partial charge is 0.342 e. The monoisotopic (exact) mass is 378 g/mol. The van der Waals surface area contributed by atoms with E-state index in [0.29, 0.717) is 11.8 Å². The van der Waals surface area contributed by atoms with E-state index >= 15 is 0 Å². The summed E-state index contributed by atoms with van der Waals surface area (Å²) in [4.78, 5) is 23.7. The number of aryl methyl sites for hydroxylation is 1. The third-order valence-electron chi connectivity index (χ3n) is 6.18. The Hall–Kier alpha value is -2.43. The van der Waals surface area contributed by atoms with Crippen LogP contribution in [0.3, 0.4) is 0 Å². The minimum Gasteiger partial charge on any atom is -0.342 e. The van der Waals surface area contributed by atoms with E-state index in [1.54, 1.807) is 0 Å². The van der Waals surface area contributed by atoms with Gasteiger partial charge in [0, 0.05) is 31.4 Å². The topological polar surface area (TPSA) is 58.1 Å². The van der Waals surface area contributed by atoms with Crippen molar-refractivity contribution in [2.75, 3.05) is 18.4 Å². The Bertz CT molecular complexity index is 791. The number of carbonyl (C=O) groups is 1. The summed E-state index contributed by atoms with van der Waals surface area (Å²) in [6.07, 6.45) is 11.7. The lowest BCUT2D eigenvalue weighted by Gasteiger charge is -2.35. The van der Waals surface area contributed by atoms with E-state index in [1.165, 1.54) is 24.8 Å². The standard InChI is InChI=1S/C23H30N4O/c1-17-7-8-21(25-16-17)26-22-15-20(9-12-24-22)18-10-13-27(14-11-18)23(28)19-5-3-2-4-6-19/h7-9,12,15-16,18-19H,2-6,10-11,13-14H2,1H3,(H,24,25,26). The molecule has 1 aliphatic heterocycles. The summed E-state index contributed by atoms with van der Waals surface area (Å²) in [7, 11) is 0. The van der Waals surface area contributed by atoms with Crippen molar-refractivity contribution in [3.63, 3.8) is 0 Å². The predicted octanol–water partition coefficient (Wildman–Crippen LogP) is 4.81. The molecular formula is C23H30N4O. The van der Waals surface area contributed by atoms with Crippen LogP contribution in [0.2, 0.25) is 0 Å². The lowest BCUT2D eigenvalue weighted by molar-refractivity contribution is -0.137. The van der Waals surface area contributed by atoms with E-state index in [4.69, 9.17) is 0 Å². The first kappa shape index (κ1) is 18.9. The SMILES string of the molecule is Cc1ccc(Nc2cc(C3CCN(C(=O)C4CCCCC4)CC3)ccn2)nc1. The Morgan fingerprint density at radius 1 is 1.00 bits per heavy atom. The van der Waals surface area contributed by atoms with Gasteiger partial charge in [0.05, 0.1) is 0 Å². The average Bonchev–Trinajstić information content (AvgIpc) is 2.76. The second-order valence-electron chi connectivity index (χ2n) is 8.25. The number of likely N-dealkylation sites (tertiary alicyclic amines) is 1. The number of nitrogens with one attached hydrogen (secondary N) is 1. The normalized spacial score (nSPS) is 18.8. The maximum Gasteiger partial charge on any atom is 0.225 e. The van der Waals surface area contributed by atoms with Crippen molar-refractivity contribution in [3.05, 3.63) is 47.8 Å². The van der Waals surface area contributed by atoms with E-state index < -0.39 is 0 Å². The highest BCUT2D eigenvalue weighted by atomic mass is 16.2. The molecule has 0 atom stereocenters. The van der Waals surface area contributed by atoms with Crippen LogP contribution in [0, 0.1) is 12.8 Å². The fraction of sp³-hybridized carbons (Fsp3) is 0.522. The predicted molar refractivity (Wildman–Crippen MR) is 112 cm³/mol. The molecule has 5 heteroatoms. The molecule has 1 N–H and O–H groups in total. The molecule has 28 heavy (non-hydrogen) atoms. The van der Waals surface area contributed by atoms with Crippen LogP contribution in [-0.4, -0.2) is 33.9 Å². The van der Waals surface area contributed by atoms with Gasteiger partial charge in [-0.25, -0.2) is 9.97 Å². The molecule has 0 spiro atoms. The molecule has 0 unspecified atom stereocenters. The number of hydrogen-bond acceptors (Lipinski definition) is 4. The van der Waals surface area contributed by atoms with Crippen molar-refractivity contribution in [2.45, 2.75) is 57.8 Å². The zero-order valence-electron chi connectivity index (χ0n) is 16.7. The quantitative estimate of drug-likeness (QED) is 0.829. The van der Waals surface area contributed by atoms with E-state index in [-0.39, 0.29) is 5.92 Å². The van der Waals surface area contributed by atoms with Gasteiger partial charge in [-0.1, -0.05) is 25.3 Å². The van der Waals surface area contributed by atoms with E-state index in [2.05, 4.69) is 32.3 Å². The molecule has 1 saturated carbocycles. The van der Waals surface area contributed by atoms with Crippen LogP contribution in [0.5, 0.6) is 0 Å². The summed E-state index contributed by atoms with van der Waals surface area (Å²) < 4.78 is 0. The lowest BCUT2D eigenvalue weighted by atomic mass is 9.86. The molecule has 1 saturated heterocycles. The summed E-state index contributed by atoms with van der Waals surface area (Å²) in [6, 6.07) is 8.25. The van der Waals surface area contributed by atoms with Gasteiger partial charge in [0.1, 0.15) is 11.6 Å². The number of rotatable bonds is 4. The summed E-state index contributed by atoms with van der Waals surface area (Å²) in [6.45, 7) is 3.79. The Labute approximate surface area is 167 Å². The molecule has 2 aromatic heterocycles. The number of pyridine rings is 2. The number of carbonyl (C=O) groups excluding carboxylic acids is 1. The number of nitrogens with zero attached hydrogens (tertiary/aromatic N) is 3. The van der Waals surface area contributed by atoms with Crippen molar-refractivity contribution < 1.29 is 4.79 Å². The highest BCUT2D eigenvalue weighted by Crippen LogP contribution is 2.32.